The van der Waals surface area contributed by atoms with Crippen molar-refractivity contribution < 1.29 is 35.7 Å². The second kappa shape index (κ2) is 8.45. The van der Waals surface area contributed by atoms with E-state index in [2.05, 4.69) is 0 Å². The van der Waals surface area contributed by atoms with Crippen LogP contribution in [0.5, 0.6) is 34.5 Å². The predicted molar refractivity (Wildman–Crippen MR) is 128 cm³/mol. The molecule has 0 aromatic heterocycles. The summed E-state index contributed by atoms with van der Waals surface area (Å²) in [4.78, 5) is 0. The normalized spacial score (nSPS) is 19.9. The number of hydrogen-bond acceptors (Lipinski definition) is 7. The summed E-state index contributed by atoms with van der Waals surface area (Å²) in [5.74, 6) is -2.41. The lowest BCUT2D eigenvalue weighted by Crippen LogP contribution is -2.18. The maximum absolute atomic E-state index is 11.6. The summed E-state index contributed by atoms with van der Waals surface area (Å²) in [7, 11) is 0. The Labute approximate surface area is 201 Å². The van der Waals surface area contributed by atoms with Gasteiger partial charge in [-0.1, -0.05) is 24.3 Å². The van der Waals surface area contributed by atoms with Crippen molar-refractivity contribution in [2.45, 2.75) is 23.9 Å². The number of aliphatic hydroxyl groups is 1. The minimum atomic E-state index is -1.13. The first-order valence-electron chi connectivity index (χ1n) is 11.1. The number of aliphatic hydroxyl groups excluding tert-OH is 1. The van der Waals surface area contributed by atoms with E-state index in [0.29, 0.717) is 22.3 Å². The molecule has 7 heteroatoms. The Hall–Kier alpha value is -4.36. The largest absolute Gasteiger partial charge is 0.508 e. The van der Waals surface area contributed by atoms with Crippen molar-refractivity contribution in [2.75, 3.05) is 0 Å². The average Bonchev–Trinajstić information content (AvgIpc) is 3.14. The van der Waals surface area contributed by atoms with Gasteiger partial charge in [-0.25, -0.2) is 0 Å². The van der Waals surface area contributed by atoms with Gasteiger partial charge in [-0.2, -0.15) is 0 Å². The molecule has 0 bridgehead atoms. The standard InChI is InChI=1S/C28H24O7/c29-17-5-1-14(2-6-17)24-25(16-9-19(31)11-20(32)10-16)27(22-12-21(33)13-23(34)26(22)24)28(35)15-3-7-18(30)8-4-15/h1-13,24-25,27-35H/t24-,25-,27-,28?/m0/s1. The molecule has 1 aliphatic carbocycles. The highest BCUT2D eigenvalue weighted by Gasteiger charge is 2.47. The Balaban J connectivity index is 1.79. The van der Waals surface area contributed by atoms with Crippen LogP contribution in [0.25, 0.3) is 0 Å². The summed E-state index contributed by atoms with van der Waals surface area (Å²) in [6, 6.07) is 19.5. The van der Waals surface area contributed by atoms with Gasteiger partial charge in [0.2, 0.25) is 0 Å². The molecule has 178 valence electrons. The fourth-order valence-electron chi connectivity index (χ4n) is 5.35. The van der Waals surface area contributed by atoms with E-state index in [4.69, 9.17) is 0 Å². The van der Waals surface area contributed by atoms with Gasteiger partial charge >= 0.3 is 0 Å². The van der Waals surface area contributed by atoms with Gasteiger partial charge in [-0.05, 0) is 64.7 Å². The van der Waals surface area contributed by atoms with Gasteiger partial charge in [0.05, 0.1) is 6.10 Å². The van der Waals surface area contributed by atoms with Crippen LogP contribution in [0.2, 0.25) is 0 Å². The summed E-state index contributed by atoms with van der Waals surface area (Å²) in [6.07, 6.45) is -1.13. The quantitative estimate of drug-likeness (QED) is 0.229. The SMILES string of the molecule is Oc1ccc(C(O)[C@H]2c3cc(O)cc(O)c3[C@@H](c3ccc(O)cc3)[C@@H]2c2cc(O)cc(O)c2)cc1. The molecular weight excluding hydrogens is 448 g/mol. The van der Waals surface area contributed by atoms with E-state index in [1.54, 1.807) is 24.3 Å². The third-order valence-electron chi connectivity index (χ3n) is 6.73. The molecule has 1 unspecified atom stereocenters. The molecule has 0 saturated heterocycles. The lowest BCUT2D eigenvalue weighted by atomic mass is 9.75. The Bertz CT molecular complexity index is 1360. The number of benzene rings is 4. The molecule has 35 heavy (non-hydrogen) atoms. The van der Waals surface area contributed by atoms with Crippen molar-refractivity contribution in [3.63, 3.8) is 0 Å². The highest BCUT2D eigenvalue weighted by Crippen LogP contribution is 2.61. The van der Waals surface area contributed by atoms with E-state index >= 15 is 0 Å². The summed E-state index contributed by atoms with van der Waals surface area (Å²) < 4.78 is 0. The number of hydrogen-bond donors (Lipinski definition) is 7. The number of fused-ring (bicyclic) bond motifs is 1. The maximum atomic E-state index is 11.6. The molecule has 4 aromatic carbocycles. The summed E-state index contributed by atoms with van der Waals surface area (Å²) in [5, 5.41) is 73.0. The summed E-state index contributed by atoms with van der Waals surface area (Å²) in [5.41, 5.74) is 2.73. The van der Waals surface area contributed by atoms with Gasteiger partial charge in [0, 0.05) is 35.4 Å². The third kappa shape index (κ3) is 3.96. The van der Waals surface area contributed by atoms with Gasteiger partial charge < -0.3 is 35.7 Å². The van der Waals surface area contributed by atoms with Crippen LogP contribution in [-0.4, -0.2) is 35.7 Å². The molecule has 0 amide bonds. The van der Waals surface area contributed by atoms with E-state index in [0.717, 1.165) is 5.56 Å². The van der Waals surface area contributed by atoms with Crippen molar-refractivity contribution in [1.82, 2.24) is 0 Å². The fourth-order valence-corrected chi connectivity index (χ4v) is 5.35. The summed E-state index contributed by atoms with van der Waals surface area (Å²) in [6.45, 7) is 0. The number of rotatable bonds is 4. The molecule has 0 radical (unpaired) electrons. The van der Waals surface area contributed by atoms with Crippen molar-refractivity contribution in [3.8, 4) is 34.5 Å². The first-order valence-corrected chi connectivity index (χ1v) is 11.1. The Morgan fingerprint density at radius 3 is 1.69 bits per heavy atom. The molecule has 0 aliphatic heterocycles. The van der Waals surface area contributed by atoms with E-state index in [-0.39, 0.29) is 34.5 Å². The first-order chi connectivity index (χ1) is 16.7. The first kappa shape index (κ1) is 22.4. The minimum absolute atomic E-state index is 0.0412. The lowest BCUT2D eigenvalue weighted by Gasteiger charge is -2.30. The van der Waals surface area contributed by atoms with Gasteiger partial charge in [0.1, 0.15) is 34.5 Å². The zero-order valence-electron chi connectivity index (χ0n) is 18.4. The summed E-state index contributed by atoms with van der Waals surface area (Å²) >= 11 is 0. The van der Waals surface area contributed by atoms with Crippen LogP contribution in [0.3, 0.4) is 0 Å². The Kier molecular flexibility index (Phi) is 5.42. The van der Waals surface area contributed by atoms with Gasteiger partial charge in [0.25, 0.3) is 0 Å². The average molecular weight is 472 g/mol. The molecule has 1 aliphatic rings. The molecular formula is C28H24O7. The minimum Gasteiger partial charge on any atom is -0.508 e. The van der Waals surface area contributed by atoms with E-state index in [9.17, 15) is 35.7 Å². The molecule has 0 saturated carbocycles. The van der Waals surface area contributed by atoms with Crippen LogP contribution in [0.15, 0.2) is 78.9 Å². The molecule has 0 heterocycles. The smallest absolute Gasteiger partial charge is 0.123 e. The molecule has 7 N–H and O–H groups in total. The molecule has 4 atom stereocenters. The topological polar surface area (TPSA) is 142 Å². The zero-order valence-corrected chi connectivity index (χ0v) is 18.4. The number of phenolic OH excluding ortho intramolecular Hbond substituents is 6. The lowest BCUT2D eigenvalue weighted by molar-refractivity contribution is 0.134. The molecule has 5 rings (SSSR count). The Morgan fingerprint density at radius 1 is 0.543 bits per heavy atom. The van der Waals surface area contributed by atoms with E-state index in [1.807, 2.05) is 0 Å². The van der Waals surface area contributed by atoms with Gasteiger partial charge in [-0.3, -0.25) is 0 Å². The van der Waals surface area contributed by atoms with Crippen LogP contribution < -0.4 is 0 Å². The van der Waals surface area contributed by atoms with Crippen molar-refractivity contribution in [1.29, 1.82) is 0 Å². The second-order valence-electron chi connectivity index (χ2n) is 8.91. The van der Waals surface area contributed by atoms with Crippen molar-refractivity contribution in [2.24, 2.45) is 0 Å². The van der Waals surface area contributed by atoms with E-state index < -0.39 is 23.9 Å². The second-order valence-corrected chi connectivity index (χ2v) is 8.91. The fraction of sp³-hybridized carbons (Fsp3) is 0.143. The third-order valence-corrected chi connectivity index (χ3v) is 6.73. The number of phenols is 6. The van der Waals surface area contributed by atoms with Crippen LogP contribution in [-0.2, 0) is 0 Å². The highest BCUT2D eigenvalue weighted by molar-refractivity contribution is 5.60. The van der Waals surface area contributed by atoms with Crippen LogP contribution in [0.4, 0.5) is 0 Å². The predicted octanol–water partition coefficient (Wildman–Crippen LogP) is 4.67. The van der Waals surface area contributed by atoms with Crippen LogP contribution >= 0.6 is 0 Å². The molecule has 0 fully saturated rings. The van der Waals surface area contributed by atoms with Crippen molar-refractivity contribution >= 4 is 0 Å². The molecule has 0 spiro atoms. The maximum Gasteiger partial charge on any atom is 0.123 e. The van der Waals surface area contributed by atoms with Crippen molar-refractivity contribution in [3.05, 3.63) is 107 Å². The van der Waals surface area contributed by atoms with E-state index in [1.165, 1.54) is 54.6 Å². The van der Waals surface area contributed by atoms with Crippen LogP contribution in [0, 0.1) is 0 Å². The van der Waals surface area contributed by atoms with Gasteiger partial charge in [0.15, 0.2) is 0 Å². The zero-order chi connectivity index (χ0) is 24.9. The molecule has 7 nitrogen and oxygen atoms in total. The van der Waals surface area contributed by atoms with Gasteiger partial charge in [-0.15, -0.1) is 0 Å². The monoisotopic (exact) mass is 472 g/mol. The Morgan fingerprint density at radius 2 is 1.09 bits per heavy atom. The number of aromatic hydroxyl groups is 6. The molecule has 4 aromatic rings. The highest BCUT2D eigenvalue weighted by atomic mass is 16.3. The van der Waals surface area contributed by atoms with Crippen LogP contribution in [0.1, 0.15) is 51.7 Å².